The third-order valence-electron chi connectivity index (χ3n) is 3.70. The molecule has 0 fully saturated rings. The number of hydrogen-bond donors (Lipinski definition) is 0. The molecule has 0 N–H and O–H groups in total. The van der Waals surface area contributed by atoms with Crippen molar-refractivity contribution in [2.24, 2.45) is 16.8 Å². The Balaban J connectivity index is 2.41. The Labute approximate surface area is 94.7 Å². The standard InChI is InChI=1S/C14H25N/c1-5-6-7-8-9-14-12(3)11(2)10-15-13(14)4/h10,12,14H,5-9H2,1-4H3. The number of rotatable bonds is 5. The summed E-state index contributed by atoms with van der Waals surface area (Å²) in [7, 11) is 0. The van der Waals surface area contributed by atoms with Crippen LogP contribution in [0.25, 0.3) is 0 Å². The SMILES string of the molecule is CCCCCCC1C(C)=NC=C(C)C1C. The fourth-order valence-electron chi connectivity index (χ4n) is 2.35. The number of nitrogens with zero attached hydrogens (tertiary/aromatic N) is 1. The van der Waals surface area contributed by atoms with Crippen molar-refractivity contribution in [2.45, 2.75) is 59.8 Å². The summed E-state index contributed by atoms with van der Waals surface area (Å²) in [4.78, 5) is 4.50. The molecule has 1 aliphatic heterocycles. The van der Waals surface area contributed by atoms with Crippen LogP contribution in [0.5, 0.6) is 0 Å². The van der Waals surface area contributed by atoms with Gasteiger partial charge < -0.3 is 0 Å². The van der Waals surface area contributed by atoms with Gasteiger partial charge in [0.05, 0.1) is 0 Å². The van der Waals surface area contributed by atoms with Crippen molar-refractivity contribution in [3.05, 3.63) is 11.8 Å². The van der Waals surface area contributed by atoms with Gasteiger partial charge in [0.1, 0.15) is 0 Å². The van der Waals surface area contributed by atoms with Gasteiger partial charge in [-0.2, -0.15) is 0 Å². The maximum Gasteiger partial charge on any atom is 0.0259 e. The summed E-state index contributed by atoms with van der Waals surface area (Å²) in [5.74, 6) is 1.40. The van der Waals surface area contributed by atoms with E-state index in [0.29, 0.717) is 11.8 Å². The topological polar surface area (TPSA) is 12.4 Å². The summed E-state index contributed by atoms with van der Waals surface area (Å²) in [6.07, 6.45) is 8.82. The molecule has 0 amide bonds. The van der Waals surface area contributed by atoms with Crippen LogP contribution < -0.4 is 0 Å². The van der Waals surface area contributed by atoms with Gasteiger partial charge in [-0.15, -0.1) is 0 Å². The molecule has 1 nitrogen and oxygen atoms in total. The van der Waals surface area contributed by atoms with Crippen LogP contribution in [0.2, 0.25) is 0 Å². The van der Waals surface area contributed by atoms with E-state index in [9.17, 15) is 0 Å². The fraction of sp³-hybridized carbons (Fsp3) is 0.786. The van der Waals surface area contributed by atoms with Crippen LogP contribution in [0.3, 0.4) is 0 Å². The van der Waals surface area contributed by atoms with Crippen LogP contribution in [0.4, 0.5) is 0 Å². The zero-order valence-electron chi connectivity index (χ0n) is 10.7. The molecule has 2 unspecified atom stereocenters. The van der Waals surface area contributed by atoms with E-state index in [1.54, 1.807) is 0 Å². The molecule has 86 valence electrons. The molecule has 0 saturated carbocycles. The summed E-state index contributed by atoms with van der Waals surface area (Å²) in [5, 5.41) is 0. The quantitative estimate of drug-likeness (QED) is 0.585. The third kappa shape index (κ3) is 3.48. The van der Waals surface area contributed by atoms with Crippen LogP contribution in [0.15, 0.2) is 16.8 Å². The van der Waals surface area contributed by atoms with Gasteiger partial charge in [-0.25, -0.2) is 0 Å². The molecule has 0 saturated heterocycles. The summed E-state index contributed by atoms with van der Waals surface area (Å²) < 4.78 is 0. The summed E-state index contributed by atoms with van der Waals surface area (Å²) in [5.41, 5.74) is 2.78. The molecular weight excluding hydrogens is 182 g/mol. The molecule has 1 aliphatic rings. The van der Waals surface area contributed by atoms with Gasteiger partial charge in [-0.05, 0) is 26.2 Å². The van der Waals surface area contributed by atoms with Crippen LogP contribution in [0, 0.1) is 11.8 Å². The fourth-order valence-corrected chi connectivity index (χ4v) is 2.35. The molecule has 0 aromatic rings. The van der Waals surface area contributed by atoms with Crippen molar-refractivity contribution in [3.63, 3.8) is 0 Å². The highest BCUT2D eigenvalue weighted by Crippen LogP contribution is 2.29. The lowest BCUT2D eigenvalue weighted by atomic mass is 9.80. The molecule has 1 rings (SSSR count). The Kier molecular flexibility index (Phi) is 5.07. The minimum Gasteiger partial charge on any atom is -0.266 e. The molecule has 0 bridgehead atoms. The Hall–Kier alpha value is -0.590. The molecule has 0 aromatic heterocycles. The molecule has 1 heteroatoms. The van der Waals surface area contributed by atoms with Crippen molar-refractivity contribution in [1.29, 1.82) is 0 Å². The Morgan fingerprint density at radius 1 is 1.20 bits per heavy atom. The van der Waals surface area contributed by atoms with Gasteiger partial charge in [0, 0.05) is 17.8 Å². The zero-order valence-corrected chi connectivity index (χ0v) is 10.7. The van der Waals surface area contributed by atoms with E-state index in [2.05, 4.69) is 32.7 Å². The van der Waals surface area contributed by atoms with E-state index in [0.717, 1.165) is 0 Å². The number of hydrogen-bond acceptors (Lipinski definition) is 1. The maximum absolute atomic E-state index is 4.50. The molecule has 1 heterocycles. The van der Waals surface area contributed by atoms with Crippen molar-refractivity contribution < 1.29 is 0 Å². The normalized spacial score (nSPS) is 26.1. The number of unbranched alkanes of at least 4 members (excludes halogenated alkanes) is 3. The molecule has 0 radical (unpaired) electrons. The Morgan fingerprint density at radius 3 is 2.60 bits per heavy atom. The van der Waals surface area contributed by atoms with Gasteiger partial charge in [-0.3, -0.25) is 4.99 Å². The molecule has 0 aliphatic carbocycles. The van der Waals surface area contributed by atoms with Gasteiger partial charge in [0.2, 0.25) is 0 Å². The highest BCUT2D eigenvalue weighted by atomic mass is 14.7. The minimum atomic E-state index is 0.698. The lowest BCUT2D eigenvalue weighted by molar-refractivity contribution is 0.449. The first kappa shape index (κ1) is 12.5. The summed E-state index contributed by atoms with van der Waals surface area (Å²) >= 11 is 0. The van der Waals surface area contributed by atoms with Crippen molar-refractivity contribution >= 4 is 5.71 Å². The third-order valence-corrected chi connectivity index (χ3v) is 3.70. The maximum atomic E-state index is 4.50. The second-order valence-corrected chi connectivity index (χ2v) is 4.89. The first-order valence-corrected chi connectivity index (χ1v) is 6.37. The summed E-state index contributed by atoms with van der Waals surface area (Å²) in [6, 6.07) is 0. The van der Waals surface area contributed by atoms with Gasteiger partial charge >= 0.3 is 0 Å². The van der Waals surface area contributed by atoms with Crippen LogP contribution in [-0.4, -0.2) is 5.71 Å². The lowest BCUT2D eigenvalue weighted by Gasteiger charge is -2.27. The summed E-state index contributed by atoms with van der Waals surface area (Å²) in [6.45, 7) is 9.00. The van der Waals surface area contributed by atoms with Gasteiger partial charge in [0.25, 0.3) is 0 Å². The monoisotopic (exact) mass is 207 g/mol. The van der Waals surface area contributed by atoms with E-state index in [-0.39, 0.29) is 0 Å². The molecule has 0 aromatic carbocycles. The predicted octanol–water partition coefficient (Wildman–Crippen LogP) is 4.59. The van der Waals surface area contributed by atoms with E-state index in [4.69, 9.17) is 0 Å². The zero-order chi connectivity index (χ0) is 11.3. The van der Waals surface area contributed by atoms with E-state index < -0.39 is 0 Å². The Bertz CT molecular complexity index is 250. The van der Waals surface area contributed by atoms with Crippen LogP contribution in [0.1, 0.15) is 59.8 Å². The van der Waals surface area contributed by atoms with Crippen molar-refractivity contribution in [2.75, 3.05) is 0 Å². The smallest absolute Gasteiger partial charge is 0.0259 e. The average molecular weight is 207 g/mol. The van der Waals surface area contributed by atoms with Gasteiger partial charge in [0.15, 0.2) is 0 Å². The number of allylic oxidation sites excluding steroid dienone is 1. The average Bonchev–Trinajstić information content (AvgIpc) is 2.23. The lowest BCUT2D eigenvalue weighted by Crippen LogP contribution is -2.23. The molecule has 15 heavy (non-hydrogen) atoms. The highest BCUT2D eigenvalue weighted by Gasteiger charge is 2.23. The minimum absolute atomic E-state index is 0.698. The first-order valence-electron chi connectivity index (χ1n) is 6.37. The number of aliphatic imine (C=N–C) groups is 1. The molecular formula is C14H25N. The van der Waals surface area contributed by atoms with Crippen molar-refractivity contribution in [1.82, 2.24) is 0 Å². The molecule has 0 spiro atoms. The largest absolute Gasteiger partial charge is 0.266 e. The van der Waals surface area contributed by atoms with E-state index >= 15 is 0 Å². The second-order valence-electron chi connectivity index (χ2n) is 4.89. The van der Waals surface area contributed by atoms with Crippen molar-refractivity contribution in [3.8, 4) is 0 Å². The van der Waals surface area contributed by atoms with E-state index in [1.165, 1.54) is 43.4 Å². The Morgan fingerprint density at radius 2 is 1.93 bits per heavy atom. The van der Waals surface area contributed by atoms with Gasteiger partial charge in [-0.1, -0.05) is 45.1 Å². The highest BCUT2D eigenvalue weighted by molar-refractivity contribution is 5.86. The van der Waals surface area contributed by atoms with Crippen LogP contribution in [-0.2, 0) is 0 Å². The van der Waals surface area contributed by atoms with Crippen LogP contribution >= 0.6 is 0 Å². The van der Waals surface area contributed by atoms with E-state index in [1.807, 2.05) is 6.20 Å². The molecule has 2 atom stereocenters. The first-order chi connectivity index (χ1) is 7.16. The second kappa shape index (κ2) is 6.09. The predicted molar refractivity (Wildman–Crippen MR) is 68.3 cm³/mol.